The second kappa shape index (κ2) is 7.74. The number of amides is 1. The minimum atomic E-state index is -0.729. The molecule has 0 aromatic carbocycles. The number of nitrogens with one attached hydrogen (secondary N) is 3. The van der Waals surface area contributed by atoms with Crippen molar-refractivity contribution < 1.29 is 4.79 Å². The largest absolute Gasteiger partial charge is 0.377 e. The molecule has 5 rings (SSSR count). The van der Waals surface area contributed by atoms with Crippen molar-refractivity contribution in [1.82, 2.24) is 20.1 Å². The van der Waals surface area contributed by atoms with E-state index in [1.807, 2.05) is 0 Å². The molecule has 0 saturated heterocycles. The minimum absolute atomic E-state index is 0.182. The molecule has 2 bridgehead atoms. The molecule has 0 aliphatic heterocycles. The van der Waals surface area contributed by atoms with Gasteiger partial charge in [-0.05, 0) is 53.7 Å². The Bertz CT molecular complexity index is 1040. The number of H-pyrrole nitrogens is 1. The van der Waals surface area contributed by atoms with Gasteiger partial charge in [-0.25, -0.2) is 4.68 Å². The molecule has 1 amide bonds. The summed E-state index contributed by atoms with van der Waals surface area (Å²) < 4.78 is 1.04. The zero-order valence-electron chi connectivity index (χ0n) is 17.6. The number of anilines is 1. The lowest BCUT2D eigenvalue weighted by Crippen LogP contribution is -2.58. The van der Waals surface area contributed by atoms with E-state index in [0.717, 1.165) is 16.7 Å². The van der Waals surface area contributed by atoms with Crippen molar-refractivity contribution in [2.75, 3.05) is 5.32 Å². The molecule has 2 heterocycles. The van der Waals surface area contributed by atoms with E-state index in [0.29, 0.717) is 29.7 Å². The number of hydrogen-bond acceptors (Lipinski definition) is 5. The Hall–Kier alpha value is -2.90. The molecule has 8 nitrogen and oxygen atoms in total. The van der Waals surface area contributed by atoms with Crippen molar-refractivity contribution in [3.63, 3.8) is 0 Å². The second-order valence-electron chi connectivity index (χ2n) is 9.25. The molecule has 30 heavy (non-hydrogen) atoms. The van der Waals surface area contributed by atoms with Crippen LogP contribution in [0.25, 0.3) is 0 Å². The van der Waals surface area contributed by atoms with E-state index in [-0.39, 0.29) is 24.2 Å². The topological polar surface area (TPSA) is 109 Å². The fraction of sp³-hybridized carbons (Fsp3) is 0.545. The van der Waals surface area contributed by atoms with Crippen molar-refractivity contribution in [1.29, 1.82) is 0 Å². The molecule has 3 aliphatic rings. The molecule has 2 unspecified atom stereocenters. The zero-order chi connectivity index (χ0) is 21.5. The molecular formula is C22H29N5O3. The quantitative estimate of drug-likeness (QED) is 0.628. The Morgan fingerprint density at radius 1 is 1.27 bits per heavy atom. The fourth-order valence-electron chi connectivity index (χ4n) is 5.17. The first kappa shape index (κ1) is 20.4. The molecular weight excluding hydrogens is 382 g/mol. The first-order valence-corrected chi connectivity index (χ1v) is 10.5. The predicted octanol–water partition coefficient (Wildman–Crippen LogP) is 1.73. The van der Waals surface area contributed by atoms with Gasteiger partial charge in [-0.2, -0.15) is 0 Å². The molecule has 0 spiro atoms. The van der Waals surface area contributed by atoms with E-state index in [1.54, 1.807) is 24.5 Å². The van der Waals surface area contributed by atoms with Crippen LogP contribution in [0.4, 0.5) is 5.69 Å². The molecule has 4 atom stereocenters. The van der Waals surface area contributed by atoms with Gasteiger partial charge in [0.1, 0.15) is 12.2 Å². The number of pyridine rings is 1. The van der Waals surface area contributed by atoms with Gasteiger partial charge in [-0.1, -0.05) is 20.8 Å². The number of rotatable bonds is 6. The van der Waals surface area contributed by atoms with Crippen LogP contribution in [-0.4, -0.2) is 26.7 Å². The van der Waals surface area contributed by atoms with Crippen LogP contribution >= 0.6 is 0 Å². The number of fused-ring (bicyclic) bond motifs is 2. The van der Waals surface area contributed by atoms with Gasteiger partial charge in [-0.15, -0.1) is 0 Å². The number of carbonyl (C=O) groups excluding carboxylic acids is 1. The summed E-state index contributed by atoms with van der Waals surface area (Å²) in [5, 5.41) is 8.82. The maximum absolute atomic E-state index is 12.6. The molecule has 3 aliphatic carbocycles. The average Bonchev–Trinajstić information content (AvgIpc) is 2.73. The third-order valence-corrected chi connectivity index (χ3v) is 7.28. The van der Waals surface area contributed by atoms with Crippen LogP contribution in [0.3, 0.4) is 0 Å². The van der Waals surface area contributed by atoms with Crippen molar-refractivity contribution >= 4 is 11.6 Å². The van der Waals surface area contributed by atoms with Crippen LogP contribution < -0.4 is 21.6 Å². The molecule has 160 valence electrons. The first-order valence-electron chi connectivity index (χ1n) is 10.5. The third kappa shape index (κ3) is 3.66. The third-order valence-electron chi connectivity index (χ3n) is 7.28. The van der Waals surface area contributed by atoms with Crippen molar-refractivity contribution in [3.8, 4) is 0 Å². The molecule has 0 radical (unpaired) electrons. The van der Waals surface area contributed by atoms with Gasteiger partial charge in [0.15, 0.2) is 0 Å². The van der Waals surface area contributed by atoms with Crippen LogP contribution in [0, 0.1) is 23.2 Å². The maximum atomic E-state index is 12.6. The lowest BCUT2D eigenvalue weighted by Gasteiger charge is -2.62. The van der Waals surface area contributed by atoms with Crippen LogP contribution in [0.2, 0.25) is 0 Å². The standard InChI is InChI=1S/C22H29N5O3/c1-13-16-8-15(22(16,2)3)9-17(13)26-18-11-25-27(21(30)20(18)29)12-19(28)24-10-14-4-6-23-7-5-14/h4-7,11,13,15-17,25-26H,8-10,12H2,1-3H3,(H,24,28)/t13-,15+,16?,17?/m1/s1. The Morgan fingerprint density at radius 2 is 2.00 bits per heavy atom. The van der Waals surface area contributed by atoms with Gasteiger partial charge in [0.25, 0.3) is 5.43 Å². The highest BCUT2D eigenvalue weighted by molar-refractivity contribution is 5.75. The Balaban J connectivity index is 1.40. The van der Waals surface area contributed by atoms with E-state index in [9.17, 15) is 14.4 Å². The molecule has 3 saturated carbocycles. The highest BCUT2D eigenvalue weighted by atomic mass is 16.2. The summed E-state index contributed by atoms with van der Waals surface area (Å²) in [6, 6.07) is 3.78. The van der Waals surface area contributed by atoms with Crippen molar-refractivity contribution in [2.24, 2.45) is 23.2 Å². The zero-order valence-corrected chi connectivity index (χ0v) is 17.6. The van der Waals surface area contributed by atoms with Crippen molar-refractivity contribution in [3.05, 3.63) is 56.9 Å². The number of nitrogens with zero attached hydrogens (tertiary/aromatic N) is 2. The van der Waals surface area contributed by atoms with Crippen LogP contribution in [-0.2, 0) is 17.9 Å². The van der Waals surface area contributed by atoms with Crippen molar-refractivity contribution in [2.45, 2.75) is 52.7 Å². The number of aromatic nitrogens is 3. The summed E-state index contributed by atoms with van der Waals surface area (Å²) in [7, 11) is 0. The summed E-state index contributed by atoms with van der Waals surface area (Å²) in [4.78, 5) is 41.2. The maximum Gasteiger partial charge on any atom is 0.315 e. The lowest BCUT2D eigenvalue weighted by atomic mass is 9.45. The summed E-state index contributed by atoms with van der Waals surface area (Å²) >= 11 is 0. The first-order chi connectivity index (χ1) is 14.3. The molecule has 2 aromatic heterocycles. The summed E-state index contributed by atoms with van der Waals surface area (Å²) in [6.07, 6.45) is 7.04. The van der Waals surface area contributed by atoms with E-state index >= 15 is 0 Å². The highest BCUT2D eigenvalue weighted by Gasteiger charge is 2.56. The van der Waals surface area contributed by atoms with Gasteiger partial charge in [-0.3, -0.25) is 19.4 Å². The predicted molar refractivity (Wildman–Crippen MR) is 114 cm³/mol. The van der Waals surface area contributed by atoms with Crippen LogP contribution in [0.15, 0.2) is 40.3 Å². The van der Waals surface area contributed by atoms with Crippen LogP contribution in [0.5, 0.6) is 0 Å². The molecule has 2 aromatic rings. The Labute approximate surface area is 175 Å². The van der Waals surface area contributed by atoms with E-state index in [4.69, 9.17) is 0 Å². The number of carbonyl (C=O) groups is 1. The van der Waals surface area contributed by atoms with E-state index < -0.39 is 11.0 Å². The lowest BCUT2D eigenvalue weighted by molar-refractivity contribution is -0.122. The number of hydrogen-bond donors (Lipinski definition) is 3. The van der Waals surface area contributed by atoms with Gasteiger partial charge >= 0.3 is 5.56 Å². The van der Waals surface area contributed by atoms with E-state index in [1.165, 1.54) is 12.6 Å². The number of aromatic amines is 1. The van der Waals surface area contributed by atoms with Gasteiger partial charge in [0, 0.05) is 31.2 Å². The smallest absolute Gasteiger partial charge is 0.315 e. The molecule has 8 heteroatoms. The Kier molecular flexibility index (Phi) is 5.26. The van der Waals surface area contributed by atoms with Crippen LogP contribution in [0.1, 0.15) is 39.2 Å². The van der Waals surface area contributed by atoms with Gasteiger partial charge < -0.3 is 15.7 Å². The molecule has 3 N–H and O–H groups in total. The van der Waals surface area contributed by atoms with Gasteiger partial charge in [0.05, 0.1) is 0 Å². The average molecular weight is 412 g/mol. The second-order valence-corrected chi connectivity index (χ2v) is 9.25. The highest BCUT2D eigenvalue weighted by Crippen LogP contribution is 2.61. The fourth-order valence-corrected chi connectivity index (χ4v) is 5.17. The van der Waals surface area contributed by atoms with E-state index in [2.05, 4.69) is 41.5 Å². The minimum Gasteiger partial charge on any atom is -0.377 e. The van der Waals surface area contributed by atoms with Gasteiger partial charge in [0.2, 0.25) is 5.91 Å². The summed E-state index contributed by atoms with van der Waals surface area (Å²) in [5.74, 6) is 1.37. The SMILES string of the molecule is C[C@H]1C(Nc2c[nH]n(CC(=O)NCc3ccncc3)c(=O)c2=O)C[C@@H]2CC1C2(C)C. The normalized spacial score (nSPS) is 26.5. The summed E-state index contributed by atoms with van der Waals surface area (Å²) in [6.45, 7) is 6.97. The Morgan fingerprint density at radius 3 is 2.67 bits per heavy atom. The summed E-state index contributed by atoms with van der Waals surface area (Å²) in [5.41, 5.74) is 0.206. The monoisotopic (exact) mass is 411 g/mol. The molecule has 3 fully saturated rings.